The highest BCUT2D eigenvalue weighted by atomic mass is 16.3. The van der Waals surface area contributed by atoms with Crippen molar-refractivity contribution in [2.45, 2.75) is 19.3 Å². The second-order valence-corrected chi connectivity index (χ2v) is 6.03. The van der Waals surface area contributed by atoms with Gasteiger partial charge in [0.25, 0.3) is 5.91 Å². The van der Waals surface area contributed by atoms with E-state index in [1.54, 1.807) is 4.90 Å². The Morgan fingerprint density at radius 1 is 1.31 bits per heavy atom. The summed E-state index contributed by atoms with van der Waals surface area (Å²) in [6.45, 7) is 4.82. The number of hydrogen-bond acceptors (Lipinski definition) is 5. The van der Waals surface area contributed by atoms with Gasteiger partial charge in [-0.25, -0.2) is 0 Å². The van der Waals surface area contributed by atoms with Crippen molar-refractivity contribution >= 4 is 17.5 Å². The molecule has 1 aromatic rings. The second-order valence-electron chi connectivity index (χ2n) is 6.03. The summed E-state index contributed by atoms with van der Waals surface area (Å²) in [5, 5.41) is 14.4. The van der Waals surface area contributed by atoms with E-state index < -0.39 is 0 Å². The maximum absolute atomic E-state index is 12.2. The Morgan fingerprint density at radius 2 is 2.08 bits per heavy atom. The van der Waals surface area contributed by atoms with E-state index in [0.717, 1.165) is 24.0 Å². The zero-order valence-electron chi connectivity index (χ0n) is 14.8. The maximum Gasteiger partial charge on any atom is 0.251 e. The number of nitrogens with two attached hydrogens (primary N) is 1. The normalized spacial score (nSPS) is 14.1. The van der Waals surface area contributed by atoms with Gasteiger partial charge in [0.15, 0.2) is 0 Å². The third-order valence-electron chi connectivity index (χ3n) is 4.07. The first kappa shape index (κ1) is 19.7. The van der Waals surface area contributed by atoms with Gasteiger partial charge in [-0.15, -0.1) is 0 Å². The molecule has 0 bridgehead atoms. The molecule has 0 spiro atoms. The van der Waals surface area contributed by atoms with Gasteiger partial charge >= 0.3 is 0 Å². The van der Waals surface area contributed by atoms with Crippen LogP contribution in [0.25, 0.3) is 5.70 Å². The molecule has 0 radical (unpaired) electrons. The van der Waals surface area contributed by atoms with E-state index in [1.807, 2.05) is 24.3 Å². The number of hydrogen-bond donors (Lipinski definition) is 4. The van der Waals surface area contributed by atoms with Crippen molar-refractivity contribution in [1.82, 2.24) is 15.5 Å². The van der Waals surface area contributed by atoms with E-state index in [0.29, 0.717) is 31.0 Å². The number of unbranched alkanes of at least 4 members (excludes halogenated alkanes) is 1. The molecule has 1 aromatic carbocycles. The van der Waals surface area contributed by atoms with Crippen molar-refractivity contribution in [3.8, 4) is 0 Å². The Kier molecular flexibility index (Phi) is 7.37. The Hall–Kier alpha value is -2.64. The minimum absolute atomic E-state index is 0.0376. The summed E-state index contributed by atoms with van der Waals surface area (Å²) in [6.07, 6.45) is 3.81. The molecule has 26 heavy (non-hydrogen) atoms. The number of nitrogens with one attached hydrogen (secondary N) is 2. The fourth-order valence-electron chi connectivity index (χ4n) is 2.82. The minimum atomic E-state index is -0.270. The summed E-state index contributed by atoms with van der Waals surface area (Å²) in [4.78, 5) is 25.9. The molecule has 2 rings (SSSR count). The summed E-state index contributed by atoms with van der Waals surface area (Å²) in [5.41, 5.74) is 8.00. The fourth-order valence-corrected chi connectivity index (χ4v) is 2.82. The summed E-state index contributed by atoms with van der Waals surface area (Å²) in [7, 11) is 0. The van der Waals surface area contributed by atoms with Crippen LogP contribution in [0.4, 0.5) is 0 Å². The molecule has 0 saturated heterocycles. The SMILES string of the molecule is C=C1NC(=O)C=C(c2ccccc2CCCCO)N1CC(=O)NCCN. The number of nitrogens with zero attached hydrogens (tertiary/aromatic N) is 1. The molecule has 0 saturated carbocycles. The first-order valence-corrected chi connectivity index (χ1v) is 8.72. The van der Waals surface area contributed by atoms with Crippen molar-refractivity contribution in [2.75, 3.05) is 26.2 Å². The molecule has 7 nitrogen and oxygen atoms in total. The number of carbonyl (C=O) groups is 2. The van der Waals surface area contributed by atoms with Crippen molar-refractivity contribution in [1.29, 1.82) is 0 Å². The van der Waals surface area contributed by atoms with Crippen LogP contribution in [-0.4, -0.2) is 48.1 Å². The van der Waals surface area contributed by atoms with Crippen LogP contribution in [0.15, 0.2) is 42.7 Å². The number of carbonyl (C=O) groups excluding carboxylic acids is 2. The number of aliphatic hydroxyl groups is 1. The van der Waals surface area contributed by atoms with Crippen molar-refractivity contribution in [2.24, 2.45) is 5.73 Å². The zero-order chi connectivity index (χ0) is 18.9. The average molecular weight is 358 g/mol. The number of benzene rings is 1. The number of rotatable bonds is 9. The van der Waals surface area contributed by atoms with Gasteiger partial charge in [-0.2, -0.15) is 0 Å². The molecule has 140 valence electrons. The van der Waals surface area contributed by atoms with E-state index in [4.69, 9.17) is 10.8 Å². The maximum atomic E-state index is 12.2. The molecule has 0 atom stereocenters. The Morgan fingerprint density at radius 3 is 2.81 bits per heavy atom. The second kappa shape index (κ2) is 9.74. The van der Waals surface area contributed by atoms with Crippen LogP contribution in [0.5, 0.6) is 0 Å². The van der Waals surface area contributed by atoms with E-state index in [1.165, 1.54) is 6.08 Å². The third kappa shape index (κ3) is 5.18. The Balaban J connectivity index is 2.29. The fraction of sp³-hybridized carbons (Fsp3) is 0.368. The third-order valence-corrected chi connectivity index (χ3v) is 4.07. The van der Waals surface area contributed by atoms with Gasteiger partial charge in [0.1, 0.15) is 12.4 Å². The highest BCUT2D eigenvalue weighted by Gasteiger charge is 2.25. The molecular weight excluding hydrogens is 332 g/mol. The number of amides is 2. The number of aryl methyl sites for hydroxylation is 1. The molecule has 1 aliphatic rings. The van der Waals surface area contributed by atoms with Crippen LogP contribution >= 0.6 is 0 Å². The van der Waals surface area contributed by atoms with Crippen LogP contribution in [-0.2, 0) is 16.0 Å². The van der Waals surface area contributed by atoms with E-state index in [9.17, 15) is 9.59 Å². The van der Waals surface area contributed by atoms with E-state index in [2.05, 4.69) is 17.2 Å². The van der Waals surface area contributed by atoms with Gasteiger partial charge in [0, 0.05) is 31.3 Å². The molecule has 0 aliphatic carbocycles. The van der Waals surface area contributed by atoms with E-state index >= 15 is 0 Å². The molecular formula is C19H26N4O3. The van der Waals surface area contributed by atoms with Crippen LogP contribution < -0.4 is 16.4 Å². The van der Waals surface area contributed by atoms with Crippen LogP contribution in [0.3, 0.4) is 0 Å². The monoisotopic (exact) mass is 358 g/mol. The summed E-state index contributed by atoms with van der Waals surface area (Å²) in [5.74, 6) is -0.106. The van der Waals surface area contributed by atoms with Gasteiger partial charge in [-0.05, 0) is 24.8 Å². The topological polar surface area (TPSA) is 108 Å². The minimum Gasteiger partial charge on any atom is -0.396 e. The Labute approximate surface area is 153 Å². The molecule has 1 heterocycles. The van der Waals surface area contributed by atoms with Gasteiger partial charge in [-0.3, -0.25) is 9.59 Å². The quantitative estimate of drug-likeness (QED) is 0.476. The Bertz CT molecular complexity index is 700. The highest BCUT2D eigenvalue weighted by molar-refractivity contribution is 5.99. The van der Waals surface area contributed by atoms with Gasteiger partial charge in [0.05, 0.1) is 5.70 Å². The number of aliphatic hydroxyl groups excluding tert-OH is 1. The van der Waals surface area contributed by atoms with Crippen LogP contribution in [0.2, 0.25) is 0 Å². The standard InChI is InChI=1S/C19H26N4O3/c1-14-22-18(25)12-17(23(14)13-19(26)21-10-9-20)16-8-3-2-6-15(16)7-4-5-11-24/h2-3,6,8,12,24H,1,4-5,7,9-11,13,20H2,(H,21,26)(H,22,25). The van der Waals surface area contributed by atoms with Crippen molar-refractivity contribution < 1.29 is 14.7 Å². The molecule has 5 N–H and O–H groups in total. The largest absolute Gasteiger partial charge is 0.396 e. The van der Waals surface area contributed by atoms with Crippen molar-refractivity contribution in [3.63, 3.8) is 0 Å². The first-order chi connectivity index (χ1) is 12.6. The lowest BCUT2D eigenvalue weighted by Crippen LogP contribution is -2.44. The van der Waals surface area contributed by atoms with Gasteiger partial charge < -0.3 is 26.4 Å². The molecule has 0 aromatic heterocycles. The summed E-state index contributed by atoms with van der Waals surface area (Å²) < 4.78 is 0. The van der Waals surface area contributed by atoms with Gasteiger partial charge in [0.2, 0.25) is 5.91 Å². The van der Waals surface area contributed by atoms with Crippen LogP contribution in [0.1, 0.15) is 24.0 Å². The first-order valence-electron chi connectivity index (χ1n) is 8.72. The summed E-state index contributed by atoms with van der Waals surface area (Å²) >= 11 is 0. The lowest BCUT2D eigenvalue weighted by molar-refractivity contribution is -0.122. The average Bonchev–Trinajstić information content (AvgIpc) is 2.62. The lowest BCUT2D eigenvalue weighted by atomic mass is 9.98. The van der Waals surface area contributed by atoms with Crippen molar-refractivity contribution in [3.05, 3.63) is 53.9 Å². The van der Waals surface area contributed by atoms with E-state index in [-0.39, 0.29) is 25.0 Å². The lowest BCUT2D eigenvalue weighted by Gasteiger charge is -2.32. The predicted octanol–water partition coefficient (Wildman–Crippen LogP) is 0.320. The molecule has 0 fully saturated rings. The van der Waals surface area contributed by atoms with Crippen LogP contribution in [0, 0.1) is 0 Å². The highest BCUT2D eigenvalue weighted by Crippen LogP contribution is 2.28. The smallest absolute Gasteiger partial charge is 0.251 e. The molecule has 1 aliphatic heterocycles. The molecule has 7 heteroatoms. The van der Waals surface area contributed by atoms with Gasteiger partial charge in [-0.1, -0.05) is 30.8 Å². The molecule has 2 amide bonds. The predicted molar refractivity (Wildman–Crippen MR) is 100 cm³/mol. The summed E-state index contributed by atoms with van der Waals surface area (Å²) in [6, 6.07) is 7.76. The molecule has 0 unspecified atom stereocenters. The zero-order valence-corrected chi connectivity index (χ0v) is 14.8.